The number of halogens is 1. The van der Waals surface area contributed by atoms with Gasteiger partial charge in [0.2, 0.25) is 10.0 Å². The molecule has 2 heterocycles. The van der Waals surface area contributed by atoms with Crippen LogP contribution in [0.3, 0.4) is 0 Å². The molecular formula is C18H25FN2O4S. The first kappa shape index (κ1) is 19.3. The average molecular weight is 384 g/mol. The first-order valence-electron chi connectivity index (χ1n) is 8.72. The van der Waals surface area contributed by atoms with Gasteiger partial charge in [-0.25, -0.2) is 17.5 Å². The lowest BCUT2D eigenvalue weighted by molar-refractivity contribution is 0.0765. The molecule has 2 aliphatic rings. The zero-order valence-corrected chi connectivity index (χ0v) is 16.2. The molecule has 0 bridgehead atoms. The number of benzene rings is 1. The van der Waals surface area contributed by atoms with Crippen molar-refractivity contribution in [1.82, 2.24) is 9.62 Å². The molecule has 1 atom stereocenters. The van der Waals surface area contributed by atoms with Gasteiger partial charge in [-0.05, 0) is 51.8 Å². The van der Waals surface area contributed by atoms with Crippen molar-refractivity contribution in [2.45, 2.75) is 44.0 Å². The molecule has 0 radical (unpaired) electrons. The van der Waals surface area contributed by atoms with Crippen molar-refractivity contribution >= 4 is 15.9 Å². The Morgan fingerprint density at radius 3 is 2.65 bits per heavy atom. The molecule has 3 rings (SSSR count). The van der Waals surface area contributed by atoms with Crippen LogP contribution in [0.4, 0.5) is 4.39 Å². The van der Waals surface area contributed by atoms with E-state index in [1.807, 2.05) is 0 Å². The minimum atomic E-state index is -4.07. The predicted molar refractivity (Wildman–Crippen MR) is 94.9 cm³/mol. The van der Waals surface area contributed by atoms with Crippen LogP contribution >= 0.6 is 0 Å². The second-order valence-corrected chi connectivity index (χ2v) is 9.93. The lowest BCUT2D eigenvalue weighted by Gasteiger charge is -2.23. The Morgan fingerprint density at radius 2 is 2.04 bits per heavy atom. The van der Waals surface area contributed by atoms with Crippen molar-refractivity contribution < 1.29 is 22.3 Å². The number of nitrogens with zero attached hydrogens (tertiary/aromatic N) is 1. The van der Waals surface area contributed by atoms with Gasteiger partial charge in [-0.2, -0.15) is 0 Å². The summed E-state index contributed by atoms with van der Waals surface area (Å²) >= 11 is 0. The molecule has 6 nitrogen and oxygen atoms in total. The van der Waals surface area contributed by atoms with E-state index < -0.39 is 26.3 Å². The third-order valence-corrected chi connectivity index (χ3v) is 6.59. The van der Waals surface area contributed by atoms with Gasteiger partial charge >= 0.3 is 0 Å². The highest BCUT2D eigenvalue weighted by molar-refractivity contribution is 7.89. The van der Waals surface area contributed by atoms with Gasteiger partial charge in [0.15, 0.2) is 0 Å². The van der Waals surface area contributed by atoms with Crippen molar-refractivity contribution in [2.75, 3.05) is 26.3 Å². The molecule has 2 fully saturated rings. The Kier molecular flexibility index (Phi) is 4.87. The smallest absolute Gasteiger partial charge is 0.253 e. The largest absolute Gasteiger partial charge is 0.381 e. The summed E-state index contributed by atoms with van der Waals surface area (Å²) in [5.41, 5.74) is -0.565. The number of hydrogen-bond donors (Lipinski definition) is 1. The van der Waals surface area contributed by atoms with E-state index in [0.717, 1.165) is 25.0 Å². The number of amides is 1. The topological polar surface area (TPSA) is 75.7 Å². The normalized spacial score (nSPS) is 23.8. The summed E-state index contributed by atoms with van der Waals surface area (Å²) in [6.45, 7) is 7.56. The number of ether oxygens (including phenoxy) is 1. The second kappa shape index (κ2) is 6.58. The molecule has 1 aromatic rings. The summed E-state index contributed by atoms with van der Waals surface area (Å²) in [7, 11) is -4.07. The highest BCUT2D eigenvalue weighted by Gasteiger charge is 2.43. The molecule has 8 heteroatoms. The van der Waals surface area contributed by atoms with Crippen molar-refractivity contribution in [3.05, 3.63) is 29.6 Å². The van der Waals surface area contributed by atoms with Crippen LogP contribution in [-0.4, -0.2) is 51.1 Å². The number of carbonyl (C=O) groups is 1. The maximum atomic E-state index is 14.2. The van der Waals surface area contributed by atoms with Crippen molar-refractivity contribution in [1.29, 1.82) is 0 Å². The zero-order chi connectivity index (χ0) is 19.2. The van der Waals surface area contributed by atoms with Crippen molar-refractivity contribution in [3.8, 4) is 0 Å². The summed E-state index contributed by atoms with van der Waals surface area (Å²) in [4.78, 5) is 14.0. The van der Waals surface area contributed by atoms with Crippen LogP contribution in [0, 0.1) is 11.2 Å². The van der Waals surface area contributed by atoms with Crippen LogP contribution in [-0.2, 0) is 14.8 Å². The fourth-order valence-electron chi connectivity index (χ4n) is 3.56. The van der Waals surface area contributed by atoms with Gasteiger partial charge in [0.25, 0.3) is 5.91 Å². The van der Waals surface area contributed by atoms with E-state index in [2.05, 4.69) is 4.72 Å². The number of likely N-dealkylation sites (tertiary alicyclic amines) is 1. The van der Waals surface area contributed by atoms with E-state index in [9.17, 15) is 17.6 Å². The third-order valence-electron chi connectivity index (χ3n) is 4.82. The summed E-state index contributed by atoms with van der Waals surface area (Å²) in [6.07, 6.45) is 1.80. The van der Waals surface area contributed by atoms with Crippen LogP contribution in [0.15, 0.2) is 23.1 Å². The van der Waals surface area contributed by atoms with Crippen LogP contribution < -0.4 is 4.72 Å². The van der Waals surface area contributed by atoms with E-state index in [1.54, 1.807) is 25.7 Å². The van der Waals surface area contributed by atoms with E-state index in [0.29, 0.717) is 26.3 Å². The predicted octanol–water partition coefficient (Wildman–Crippen LogP) is 2.16. The van der Waals surface area contributed by atoms with Crippen LogP contribution in [0.2, 0.25) is 0 Å². The molecule has 1 N–H and O–H groups in total. The molecule has 1 aromatic carbocycles. The van der Waals surface area contributed by atoms with Gasteiger partial charge in [0.05, 0.1) is 6.61 Å². The van der Waals surface area contributed by atoms with Gasteiger partial charge in [0, 0.05) is 36.2 Å². The standard InChI is InChI=1S/C18H25FN2O4S/c1-17(2,3)20-26(23,24)15-10-13(4-5-14(15)19)16(22)21-8-6-18(11-21)7-9-25-12-18/h4-5,10,20H,6-9,11-12H2,1-3H3. The monoisotopic (exact) mass is 384 g/mol. The Balaban J connectivity index is 1.84. The molecule has 144 valence electrons. The molecule has 0 aliphatic carbocycles. The average Bonchev–Trinajstić information content (AvgIpc) is 3.15. The number of nitrogens with one attached hydrogen (secondary N) is 1. The summed E-state index contributed by atoms with van der Waals surface area (Å²) in [5.74, 6) is -1.15. The van der Waals surface area contributed by atoms with Gasteiger partial charge in [-0.1, -0.05) is 0 Å². The third kappa shape index (κ3) is 3.92. The lowest BCUT2D eigenvalue weighted by atomic mass is 9.87. The highest BCUT2D eigenvalue weighted by Crippen LogP contribution is 2.38. The summed E-state index contributed by atoms with van der Waals surface area (Å²) in [5, 5.41) is 0. The number of rotatable bonds is 3. The molecule has 0 saturated carbocycles. The molecule has 0 aromatic heterocycles. The fourth-order valence-corrected chi connectivity index (χ4v) is 5.09. The van der Waals surface area contributed by atoms with Gasteiger partial charge in [0.1, 0.15) is 10.7 Å². The second-order valence-electron chi connectivity index (χ2n) is 8.28. The minimum Gasteiger partial charge on any atom is -0.381 e. The summed E-state index contributed by atoms with van der Waals surface area (Å²) < 4.78 is 47.0. The molecule has 26 heavy (non-hydrogen) atoms. The van der Waals surface area contributed by atoms with Gasteiger partial charge in [-0.3, -0.25) is 4.79 Å². The van der Waals surface area contributed by atoms with E-state index in [-0.39, 0.29) is 16.9 Å². The maximum absolute atomic E-state index is 14.2. The molecular weight excluding hydrogens is 359 g/mol. The molecule has 1 spiro atoms. The fraction of sp³-hybridized carbons (Fsp3) is 0.611. The van der Waals surface area contributed by atoms with E-state index in [4.69, 9.17) is 4.74 Å². The van der Waals surface area contributed by atoms with Crippen LogP contribution in [0.5, 0.6) is 0 Å². The van der Waals surface area contributed by atoms with Gasteiger partial charge in [-0.15, -0.1) is 0 Å². The lowest BCUT2D eigenvalue weighted by Crippen LogP contribution is -2.41. The molecule has 2 aliphatic heterocycles. The van der Waals surface area contributed by atoms with Crippen molar-refractivity contribution in [2.24, 2.45) is 5.41 Å². The zero-order valence-electron chi connectivity index (χ0n) is 15.3. The van der Waals surface area contributed by atoms with Crippen LogP contribution in [0.25, 0.3) is 0 Å². The Hall–Kier alpha value is -1.51. The number of hydrogen-bond acceptors (Lipinski definition) is 4. The first-order valence-corrected chi connectivity index (χ1v) is 10.2. The van der Waals surface area contributed by atoms with E-state index >= 15 is 0 Å². The number of carbonyl (C=O) groups excluding carboxylic acids is 1. The quantitative estimate of drug-likeness (QED) is 0.867. The minimum absolute atomic E-state index is 0.0123. The SMILES string of the molecule is CC(C)(C)NS(=O)(=O)c1cc(C(=O)N2CCC3(CCOC3)C2)ccc1F. The van der Waals surface area contributed by atoms with E-state index in [1.165, 1.54) is 6.07 Å². The van der Waals surface area contributed by atoms with Gasteiger partial charge < -0.3 is 9.64 Å². The number of sulfonamides is 1. The van der Waals surface area contributed by atoms with Crippen LogP contribution in [0.1, 0.15) is 44.0 Å². The first-order chi connectivity index (χ1) is 12.0. The molecule has 2 saturated heterocycles. The Bertz CT molecular complexity index is 811. The maximum Gasteiger partial charge on any atom is 0.253 e. The molecule has 1 amide bonds. The highest BCUT2D eigenvalue weighted by atomic mass is 32.2. The molecule has 1 unspecified atom stereocenters. The summed E-state index contributed by atoms with van der Waals surface area (Å²) in [6, 6.07) is 3.50. The van der Waals surface area contributed by atoms with Crippen molar-refractivity contribution in [3.63, 3.8) is 0 Å². The Labute approximate surface area is 153 Å². The Morgan fingerprint density at radius 1 is 1.31 bits per heavy atom.